The van der Waals surface area contributed by atoms with Crippen molar-refractivity contribution in [3.63, 3.8) is 0 Å². The molecule has 0 aliphatic heterocycles. The molecule has 1 amide bonds. The molecule has 0 heterocycles. The van der Waals surface area contributed by atoms with Gasteiger partial charge in [-0.1, -0.05) is 74.5 Å². The van der Waals surface area contributed by atoms with Crippen LogP contribution in [0.2, 0.25) is 0 Å². The summed E-state index contributed by atoms with van der Waals surface area (Å²) in [6, 6.07) is 21.1. The lowest BCUT2D eigenvalue weighted by atomic mass is 9.64. The molecule has 1 N–H and O–H groups in total. The number of hydrogen-bond acceptors (Lipinski definition) is 4. The van der Waals surface area contributed by atoms with Crippen molar-refractivity contribution in [2.24, 2.45) is 21.4 Å². The first-order valence-electron chi connectivity index (χ1n) is 11.5. The number of carbonyl (C=O) groups is 2. The summed E-state index contributed by atoms with van der Waals surface area (Å²) in [6.45, 7) is 6.42. The van der Waals surface area contributed by atoms with Crippen molar-refractivity contribution in [3.05, 3.63) is 76.8 Å². The zero-order valence-corrected chi connectivity index (χ0v) is 21.1. The highest BCUT2D eigenvalue weighted by Gasteiger charge is 2.71. The Balaban J connectivity index is 1.44. The van der Waals surface area contributed by atoms with Gasteiger partial charge in [-0.3, -0.25) is 4.79 Å². The van der Waals surface area contributed by atoms with Crippen molar-refractivity contribution in [1.29, 1.82) is 0 Å². The molecule has 2 unspecified atom stereocenters. The van der Waals surface area contributed by atoms with Gasteiger partial charge in [0.25, 0.3) is 0 Å². The number of hydrogen-bond donors (Lipinski definition) is 1. The quantitative estimate of drug-likeness (QED) is 0.299. The number of fused-ring (bicyclic) bond motifs is 3. The van der Waals surface area contributed by atoms with E-state index in [1.165, 1.54) is 0 Å². The zero-order valence-electron chi connectivity index (χ0n) is 19.5. The van der Waals surface area contributed by atoms with Gasteiger partial charge < -0.3 is 10.2 Å². The monoisotopic (exact) mass is 518 g/mol. The molecule has 6 heteroatoms. The number of carbonyl (C=O) groups excluding carboxylic acids is 2. The lowest BCUT2D eigenvalue weighted by Gasteiger charge is -2.39. The van der Waals surface area contributed by atoms with E-state index in [0.29, 0.717) is 16.5 Å². The van der Waals surface area contributed by atoms with Crippen LogP contribution in [0.4, 0.5) is 5.69 Å². The van der Waals surface area contributed by atoms with Gasteiger partial charge in [-0.25, -0.2) is 4.79 Å². The third kappa shape index (κ3) is 3.22. The van der Waals surface area contributed by atoms with Crippen molar-refractivity contribution in [2.75, 3.05) is 5.32 Å². The van der Waals surface area contributed by atoms with E-state index in [1.54, 1.807) is 18.2 Å². The molecule has 5 nitrogen and oxygen atoms in total. The molecule has 0 spiro atoms. The van der Waals surface area contributed by atoms with E-state index in [0.717, 1.165) is 35.0 Å². The molecule has 2 aliphatic carbocycles. The molecule has 34 heavy (non-hydrogen) atoms. The summed E-state index contributed by atoms with van der Waals surface area (Å²) in [5.74, 6) is -0.515. The lowest BCUT2D eigenvalue weighted by molar-refractivity contribution is -0.130. The Morgan fingerprint density at radius 2 is 1.65 bits per heavy atom. The summed E-state index contributed by atoms with van der Waals surface area (Å²) in [4.78, 5) is 31.9. The Morgan fingerprint density at radius 1 is 0.941 bits per heavy atom. The lowest BCUT2D eigenvalue weighted by Crippen LogP contribution is -2.43. The fraction of sp³-hybridized carbons (Fsp3) is 0.321. The molecule has 0 saturated heterocycles. The first kappa shape index (κ1) is 22.8. The fourth-order valence-electron chi connectivity index (χ4n) is 5.87. The van der Waals surface area contributed by atoms with Crippen LogP contribution in [0.3, 0.4) is 0 Å². The molecule has 174 valence electrons. The predicted molar refractivity (Wildman–Crippen MR) is 138 cm³/mol. The maximum Gasteiger partial charge on any atom is 0.366 e. The Labute approximate surface area is 207 Å². The molecule has 0 aromatic heterocycles. The van der Waals surface area contributed by atoms with Crippen molar-refractivity contribution >= 4 is 50.0 Å². The molecule has 2 bridgehead atoms. The topological polar surface area (TPSA) is 67.8 Å². The van der Waals surface area contributed by atoms with Crippen LogP contribution in [-0.2, 0) is 9.63 Å². The maximum atomic E-state index is 13.9. The minimum absolute atomic E-state index is 0.0000848. The largest absolute Gasteiger partial charge is 0.366 e. The highest BCUT2D eigenvalue weighted by molar-refractivity contribution is 9.10. The van der Waals surface area contributed by atoms with Crippen LogP contribution in [0.15, 0.2) is 76.4 Å². The average Bonchev–Trinajstić information content (AvgIpc) is 3.14. The zero-order chi connectivity index (χ0) is 24.1. The number of anilines is 1. The Kier molecular flexibility index (Phi) is 5.40. The van der Waals surface area contributed by atoms with Gasteiger partial charge in [0.2, 0.25) is 5.91 Å². The third-order valence-electron chi connectivity index (χ3n) is 8.54. The van der Waals surface area contributed by atoms with Crippen LogP contribution in [-0.4, -0.2) is 17.6 Å². The molecule has 0 radical (unpaired) electrons. The normalized spacial score (nSPS) is 26.1. The minimum atomic E-state index is -0.628. The van der Waals surface area contributed by atoms with Crippen molar-refractivity contribution < 1.29 is 14.4 Å². The third-order valence-corrected chi connectivity index (χ3v) is 9.23. The molecule has 2 atom stereocenters. The molecule has 2 aliphatic rings. The molecule has 5 rings (SSSR count). The number of amides is 1. The standard InChI is InChI=1S/C28H27BrN2O3/c1-26(2)27(3)15-16-28(26,17-23(27)31-34-24(32)20-12-6-7-13-21(20)29)25(33)30-22-14-8-10-18-9-4-5-11-19(18)22/h4-14H,15-17H2,1-3H3,(H,30,33). The van der Waals surface area contributed by atoms with Gasteiger partial charge in [-0.05, 0) is 57.8 Å². The number of nitrogens with one attached hydrogen (secondary N) is 1. The van der Waals surface area contributed by atoms with E-state index < -0.39 is 11.4 Å². The highest BCUT2D eigenvalue weighted by Crippen LogP contribution is 2.71. The Morgan fingerprint density at radius 3 is 2.44 bits per heavy atom. The van der Waals surface area contributed by atoms with E-state index in [1.807, 2.05) is 48.5 Å². The summed E-state index contributed by atoms with van der Waals surface area (Å²) in [7, 11) is 0. The SMILES string of the molecule is CC12CCC(C(=O)Nc3cccc4ccccc34)(CC1=NOC(=O)c1ccccc1Br)C2(C)C. The van der Waals surface area contributed by atoms with Crippen molar-refractivity contribution in [2.45, 2.75) is 40.0 Å². The van der Waals surface area contributed by atoms with Gasteiger partial charge in [0.05, 0.1) is 16.7 Å². The van der Waals surface area contributed by atoms with Crippen LogP contribution in [0.25, 0.3) is 10.8 Å². The van der Waals surface area contributed by atoms with Crippen LogP contribution in [0, 0.1) is 16.2 Å². The second-order valence-corrected chi connectivity index (χ2v) is 10.9. The summed E-state index contributed by atoms with van der Waals surface area (Å²) in [5, 5.41) is 9.67. The van der Waals surface area contributed by atoms with Crippen LogP contribution in [0.1, 0.15) is 50.4 Å². The van der Waals surface area contributed by atoms with Crippen LogP contribution < -0.4 is 5.32 Å². The van der Waals surface area contributed by atoms with E-state index in [-0.39, 0.29) is 16.7 Å². The predicted octanol–water partition coefficient (Wildman–Crippen LogP) is 6.97. The summed E-state index contributed by atoms with van der Waals surface area (Å²) in [6.07, 6.45) is 2.05. The van der Waals surface area contributed by atoms with Gasteiger partial charge in [0.1, 0.15) is 0 Å². The maximum absolute atomic E-state index is 13.9. The van der Waals surface area contributed by atoms with Gasteiger partial charge in [0.15, 0.2) is 0 Å². The molecule has 3 aromatic rings. The second kappa shape index (κ2) is 8.05. The van der Waals surface area contributed by atoms with Crippen LogP contribution in [0.5, 0.6) is 0 Å². The summed E-state index contributed by atoms with van der Waals surface area (Å²) >= 11 is 3.39. The Bertz CT molecular complexity index is 1340. The molecule has 2 fully saturated rings. The average molecular weight is 519 g/mol. The van der Waals surface area contributed by atoms with Crippen molar-refractivity contribution in [1.82, 2.24) is 0 Å². The number of rotatable bonds is 4. The van der Waals surface area contributed by atoms with E-state index >= 15 is 0 Å². The minimum Gasteiger partial charge on any atom is -0.325 e. The first-order chi connectivity index (χ1) is 16.2. The molecular weight excluding hydrogens is 492 g/mol. The van der Waals surface area contributed by atoms with Gasteiger partial charge >= 0.3 is 5.97 Å². The number of halogens is 1. The number of benzene rings is 3. The fourth-order valence-corrected chi connectivity index (χ4v) is 6.32. The van der Waals surface area contributed by atoms with Gasteiger partial charge in [-0.2, -0.15) is 0 Å². The number of oxime groups is 1. The number of nitrogens with zero attached hydrogens (tertiary/aromatic N) is 1. The molecular formula is C28H27BrN2O3. The molecule has 2 saturated carbocycles. The highest BCUT2D eigenvalue weighted by atomic mass is 79.9. The molecule has 3 aromatic carbocycles. The Hall–Kier alpha value is -2.99. The first-order valence-corrected chi connectivity index (χ1v) is 12.3. The van der Waals surface area contributed by atoms with Gasteiger partial charge in [-0.15, -0.1) is 0 Å². The van der Waals surface area contributed by atoms with Crippen LogP contribution >= 0.6 is 15.9 Å². The van der Waals surface area contributed by atoms with Gasteiger partial charge in [0, 0.05) is 27.4 Å². The van der Waals surface area contributed by atoms with Crippen molar-refractivity contribution in [3.8, 4) is 0 Å². The second-order valence-electron chi connectivity index (χ2n) is 10.1. The van der Waals surface area contributed by atoms with E-state index in [2.05, 4.69) is 47.2 Å². The van der Waals surface area contributed by atoms with E-state index in [4.69, 9.17) is 4.84 Å². The van der Waals surface area contributed by atoms with E-state index in [9.17, 15) is 9.59 Å². The summed E-state index contributed by atoms with van der Waals surface area (Å²) < 4.78 is 0.658. The summed E-state index contributed by atoms with van der Waals surface area (Å²) in [5.41, 5.74) is 0.689. The smallest absolute Gasteiger partial charge is 0.325 e.